The molecule has 2 atom stereocenters. The Kier molecular flexibility index (Phi) is 9.17. The van der Waals surface area contributed by atoms with E-state index < -0.39 is 0 Å². The van der Waals surface area contributed by atoms with Crippen molar-refractivity contribution >= 4 is 33.6 Å². The normalized spacial score (nSPS) is 16.1. The lowest BCUT2D eigenvalue weighted by Crippen LogP contribution is -2.59. The number of carbonyl (C=O) groups is 2. The number of nitrogens with zero attached hydrogens (tertiary/aromatic N) is 4. The lowest BCUT2D eigenvalue weighted by atomic mass is 9.99. The lowest BCUT2D eigenvalue weighted by molar-refractivity contribution is 0.0272. The molecule has 8 nitrogen and oxygen atoms in total. The highest BCUT2D eigenvalue weighted by Gasteiger charge is 2.36. The second-order valence-corrected chi connectivity index (χ2v) is 12.7. The summed E-state index contributed by atoms with van der Waals surface area (Å²) in [4.78, 5) is 42.5. The van der Waals surface area contributed by atoms with Crippen LogP contribution in [0.25, 0.3) is 44.3 Å². The molecule has 0 spiro atoms. The van der Waals surface area contributed by atoms with E-state index in [2.05, 4.69) is 0 Å². The third-order valence-corrected chi connectivity index (χ3v) is 9.32. The number of aromatic nitrogens is 2. The van der Waals surface area contributed by atoms with Crippen molar-refractivity contribution < 1.29 is 19.1 Å². The molecule has 8 heteroatoms. The Morgan fingerprint density at radius 3 is 1.36 bits per heavy atom. The van der Waals surface area contributed by atoms with Crippen LogP contribution in [0.4, 0.5) is 0 Å². The molecule has 0 N–H and O–H groups in total. The van der Waals surface area contributed by atoms with Crippen LogP contribution >= 0.6 is 0 Å². The first-order valence-corrected chi connectivity index (χ1v) is 17.2. The van der Waals surface area contributed by atoms with E-state index in [1.807, 2.05) is 147 Å². The molecule has 6 aromatic rings. The fourth-order valence-corrected chi connectivity index (χ4v) is 6.78. The highest BCUT2D eigenvalue weighted by atomic mass is 16.5. The zero-order chi connectivity index (χ0) is 34.8. The Hall–Kier alpha value is -5.76. The highest BCUT2D eigenvalue weighted by Crippen LogP contribution is 2.31. The van der Waals surface area contributed by atoms with Crippen LogP contribution in [-0.2, 0) is 0 Å². The Labute approximate surface area is 292 Å². The van der Waals surface area contributed by atoms with Gasteiger partial charge >= 0.3 is 0 Å². The summed E-state index contributed by atoms with van der Waals surface area (Å²) in [6.45, 7) is 9.90. The smallest absolute Gasteiger partial charge is 0.254 e. The van der Waals surface area contributed by atoms with E-state index in [1.165, 1.54) is 0 Å². The number of benzene rings is 4. The third-order valence-electron chi connectivity index (χ3n) is 9.32. The monoisotopic (exact) mass is 664 g/mol. The molecule has 2 amide bonds. The number of ether oxygens (including phenoxy) is 2. The van der Waals surface area contributed by atoms with Crippen LogP contribution in [0, 0.1) is 0 Å². The number of piperazine rings is 1. The second-order valence-electron chi connectivity index (χ2n) is 12.7. The average Bonchev–Trinajstić information content (AvgIpc) is 3.15. The molecule has 1 saturated heterocycles. The van der Waals surface area contributed by atoms with Gasteiger partial charge in [-0.3, -0.25) is 9.59 Å². The van der Waals surface area contributed by atoms with Gasteiger partial charge in [-0.2, -0.15) is 0 Å². The van der Waals surface area contributed by atoms with E-state index >= 15 is 0 Å². The maximum absolute atomic E-state index is 14.4. The summed E-state index contributed by atoms with van der Waals surface area (Å²) in [5.74, 6) is 1.43. The average molecular weight is 665 g/mol. The number of hydrogen-bond donors (Lipinski definition) is 0. The maximum atomic E-state index is 14.4. The topological polar surface area (TPSA) is 84.9 Å². The molecule has 0 bridgehead atoms. The van der Waals surface area contributed by atoms with Gasteiger partial charge in [-0.05, 0) is 100 Å². The SMILES string of the molecule is CCOc1ccc(-c2cc(C(=O)N3C[C@H](C)N(C(=O)c4cc(-c5ccc(OCC)cc5)nc5ccccc45)C[C@@H]3C)c3ccccc3n2)cc1. The van der Waals surface area contributed by atoms with Gasteiger partial charge in [0.15, 0.2) is 0 Å². The fraction of sp³-hybridized carbons (Fsp3) is 0.238. The van der Waals surface area contributed by atoms with E-state index in [4.69, 9.17) is 19.4 Å². The quantitative estimate of drug-likeness (QED) is 0.163. The van der Waals surface area contributed by atoms with Gasteiger partial charge in [-0.15, -0.1) is 0 Å². The number of para-hydroxylation sites is 2. The van der Waals surface area contributed by atoms with Crippen LogP contribution in [-0.4, -0.2) is 70.0 Å². The molecule has 0 aliphatic carbocycles. The van der Waals surface area contributed by atoms with E-state index in [0.717, 1.165) is 55.8 Å². The standard InChI is InChI=1S/C42H40N4O4/c1-5-49-31-19-15-29(16-20-31)39-23-35(33-11-7-9-13-37(33)43-39)41(47)45-25-28(4)46(26-27(45)3)42(48)36-24-40(44-38-14-10-8-12-34(36)38)30-17-21-32(22-18-30)50-6-2/h7-24,27-28H,5-6,25-26H2,1-4H3/t27-,28-/m0/s1. The van der Waals surface area contributed by atoms with E-state index in [0.29, 0.717) is 37.4 Å². The van der Waals surface area contributed by atoms with Crippen molar-refractivity contribution in [2.24, 2.45) is 0 Å². The minimum atomic E-state index is -0.220. The third kappa shape index (κ3) is 6.36. The molecule has 0 radical (unpaired) electrons. The van der Waals surface area contributed by atoms with Crippen LogP contribution in [0.3, 0.4) is 0 Å². The summed E-state index contributed by atoms with van der Waals surface area (Å²) in [7, 11) is 0. The number of hydrogen-bond acceptors (Lipinski definition) is 6. The Bertz CT molecular complexity index is 2030. The molecular weight excluding hydrogens is 624 g/mol. The number of pyridine rings is 2. The fourth-order valence-electron chi connectivity index (χ4n) is 6.78. The van der Waals surface area contributed by atoms with Crippen LogP contribution in [0.1, 0.15) is 48.4 Å². The summed E-state index contributed by atoms with van der Waals surface area (Å²) in [5.41, 5.74) is 5.94. The Morgan fingerprint density at radius 1 is 0.600 bits per heavy atom. The van der Waals surface area contributed by atoms with Crippen LogP contribution in [0.5, 0.6) is 11.5 Å². The first kappa shape index (κ1) is 32.8. The predicted molar refractivity (Wildman–Crippen MR) is 198 cm³/mol. The number of rotatable bonds is 8. The van der Waals surface area contributed by atoms with Crippen molar-refractivity contribution in [2.45, 2.75) is 39.8 Å². The second kappa shape index (κ2) is 14.0. The molecule has 7 rings (SSSR count). The van der Waals surface area contributed by atoms with E-state index in [1.54, 1.807) is 0 Å². The van der Waals surface area contributed by atoms with Gasteiger partial charge in [0.05, 0.1) is 46.8 Å². The molecule has 1 aliphatic rings. The number of carbonyl (C=O) groups excluding carboxylic acids is 2. The van der Waals surface area contributed by atoms with Gasteiger partial charge in [-0.1, -0.05) is 36.4 Å². The molecule has 4 aromatic carbocycles. The predicted octanol–water partition coefficient (Wildman–Crippen LogP) is 8.29. The van der Waals surface area contributed by atoms with Gasteiger partial charge in [0, 0.05) is 47.1 Å². The summed E-state index contributed by atoms with van der Waals surface area (Å²) < 4.78 is 11.3. The van der Waals surface area contributed by atoms with Crippen molar-refractivity contribution in [3.05, 3.63) is 120 Å². The molecule has 1 aliphatic heterocycles. The lowest BCUT2D eigenvalue weighted by Gasteiger charge is -2.44. The van der Waals surface area contributed by atoms with E-state index in [-0.39, 0.29) is 23.9 Å². The molecule has 252 valence electrons. The van der Waals surface area contributed by atoms with Crippen molar-refractivity contribution in [2.75, 3.05) is 26.3 Å². The maximum Gasteiger partial charge on any atom is 0.254 e. The Morgan fingerprint density at radius 2 is 0.980 bits per heavy atom. The summed E-state index contributed by atoms with van der Waals surface area (Å²) in [5, 5.41) is 1.60. The van der Waals surface area contributed by atoms with Crippen molar-refractivity contribution in [3.8, 4) is 34.0 Å². The first-order chi connectivity index (χ1) is 24.3. The molecule has 0 saturated carbocycles. The number of amides is 2. The molecule has 2 aromatic heterocycles. The van der Waals surface area contributed by atoms with Crippen molar-refractivity contribution in [3.63, 3.8) is 0 Å². The van der Waals surface area contributed by atoms with Crippen LogP contribution in [0.15, 0.2) is 109 Å². The van der Waals surface area contributed by atoms with Gasteiger partial charge in [0.1, 0.15) is 11.5 Å². The summed E-state index contributed by atoms with van der Waals surface area (Å²) >= 11 is 0. The molecule has 0 unspecified atom stereocenters. The summed E-state index contributed by atoms with van der Waals surface area (Å²) in [6, 6.07) is 34.4. The van der Waals surface area contributed by atoms with Crippen LogP contribution in [0.2, 0.25) is 0 Å². The summed E-state index contributed by atoms with van der Waals surface area (Å²) in [6.07, 6.45) is 0. The zero-order valence-corrected chi connectivity index (χ0v) is 28.8. The largest absolute Gasteiger partial charge is 0.494 e. The molecule has 1 fully saturated rings. The van der Waals surface area contributed by atoms with Gasteiger partial charge in [0.25, 0.3) is 11.8 Å². The van der Waals surface area contributed by atoms with Gasteiger partial charge in [0.2, 0.25) is 0 Å². The number of fused-ring (bicyclic) bond motifs is 2. The van der Waals surface area contributed by atoms with E-state index in [9.17, 15) is 9.59 Å². The minimum absolute atomic E-state index is 0.0746. The first-order valence-electron chi connectivity index (χ1n) is 17.2. The highest BCUT2D eigenvalue weighted by molar-refractivity contribution is 6.09. The Balaban J connectivity index is 1.18. The zero-order valence-electron chi connectivity index (χ0n) is 28.8. The van der Waals surface area contributed by atoms with Gasteiger partial charge in [-0.25, -0.2) is 9.97 Å². The van der Waals surface area contributed by atoms with Crippen molar-refractivity contribution in [1.29, 1.82) is 0 Å². The molecular formula is C42H40N4O4. The van der Waals surface area contributed by atoms with Crippen LogP contribution < -0.4 is 9.47 Å². The minimum Gasteiger partial charge on any atom is -0.494 e. The molecule has 3 heterocycles. The molecule has 50 heavy (non-hydrogen) atoms. The van der Waals surface area contributed by atoms with Gasteiger partial charge < -0.3 is 19.3 Å². The van der Waals surface area contributed by atoms with Crippen molar-refractivity contribution in [1.82, 2.24) is 19.8 Å².